The van der Waals surface area contributed by atoms with Crippen LogP contribution in [0.1, 0.15) is 28.5 Å². The Morgan fingerprint density at radius 3 is 2.80 bits per heavy atom. The minimum Gasteiger partial charge on any atom is -0.457 e. The molecular weight excluding hydrogens is 408 g/mol. The van der Waals surface area contributed by atoms with Crippen LogP contribution in [0.5, 0.6) is 0 Å². The maximum absolute atomic E-state index is 12.5. The second-order valence-electron chi connectivity index (χ2n) is 6.95. The molecule has 1 aliphatic heterocycles. The number of carbonyl (C=O) groups excluding carboxylic acids is 2. The number of aromatic nitrogens is 1. The molecule has 1 aliphatic rings. The highest BCUT2D eigenvalue weighted by atomic mass is 32.2. The number of para-hydroxylation sites is 1. The van der Waals surface area contributed by atoms with Gasteiger partial charge >= 0.3 is 5.97 Å². The van der Waals surface area contributed by atoms with E-state index in [4.69, 9.17) is 9.26 Å². The first-order valence-electron chi connectivity index (χ1n) is 9.54. The molecule has 0 fully saturated rings. The van der Waals surface area contributed by atoms with Gasteiger partial charge in [-0.25, -0.2) is 8.42 Å². The third kappa shape index (κ3) is 3.80. The van der Waals surface area contributed by atoms with Crippen LogP contribution in [0, 0.1) is 0 Å². The van der Waals surface area contributed by atoms with Crippen LogP contribution in [0.4, 0.5) is 5.69 Å². The van der Waals surface area contributed by atoms with Gasteiger partial charge in [0.05, 0.1) is 17.9 Å². The molecular formula is C21H20N2O6S. The molecule has 4 rings (SSSR count). The Morgan fingerprint density at radius 1 is 1.20 bits per heavy atom. The number of sulfonamides is 1. The third-order valence-electron chi connectivity index (χ3n) is 5.08. The Morgan fingerprint density at radius 2 is 2.00 bits per heavy atom. The number of nitrogens with zero attached hydrogens (tertiary/aromatic N) is 2. The fourth-order valence-electron chi connectivity index (χ4n) is 3.47. The first kappa shape index (κ1) is 20.1. The average molecular weight is 428 g/mol. The summed E-state index contributed by atoms with van der Waals surface area (Å²) < 4.78 is 36.0. The molecule has 2 aromatic carbocycles. The number of carbonyl (C=O) groups is 2. The van der Waals surface area contributed by atoms with Crippen LogP contribution in [-0.4, -0.2) is 44.2 Å². The lowest BCUT2D eigenvalue weighted by molar-refractivity contribution is -0.141. The van der Waals surface area contributed by atoms with Gasteiger partial charge < -0.3 is 9.26 Å². The van der Waals surface area contributed by atoms with Crippen molar-refractivity contribution in [3.8, 4) is 0 Å². The Balaban J connectivity index is 1.39. The molecule has 0 bridgehead atoms. The molecule has 2 heterocycles. The van der Waals surface area contributed by atoms with Gasteiger partial charge in [0, 0.05) is 17.5 Å². The van der Waals surface area contributed by atoms with E-state index in [0.29, 0.717) is 35.5 Å². The first-order valence-corrected chi connectivity index (χ1v) is 11.2. The Labute approximate surface area is 173 Å². The quantitative estimate of drug-likeness (QED) is 0.420. The van der Waals surface area contributed by atoms with Gasteiger partial charge in [0.2, 0.25) is 10.0 Å². The van der Waals surface area contributed by atoms with E-state index in [0.717, 1.165) is 10.9 Å². The standard InChI is InChI=1S/C21H20N2O6S/c1-2-30(26,27)23-10-9-14-11-15(7-8-18(14)23)19(24)13-28-21(25)12-17-16-5-3-4-6-20(16)29-22-17/h3-8,11H,2,9-10,12-13H2,1H3. The molecule has 156 valence electrons. The lowest BCUT2D eigenvalue weighted by Crippen LogP contribution is -2.30. The van der Waals surface area contributed by atoms with Crippen molar-refractivity contribution in [3.63, 3.8) is 0 Å². The van der Waals surface area contributed by atoms with Crippen molar-refractivity contribution >= 4 is 38.4 Å². The molecule has 0 unspecified atom stereocenters. The predicted octanol–water partition coefficient (Wildman–Crippen LogP) is 2.51. The van der Waals surface area contributed by atoms with Gasteiger partial charge in [-0.05, 0) is 49.2 Å². The number of ether oxygens (including phenoxy) is 1. The second-order valence-corrected chi connectivity index (χ2v) is 9.13. The van der Waals surface area contributed by atoms with Crippen LogP contribution in [0.3, 0.4) is 0 Å². The largest absolute Gasteiger partial charge is 0.457 e. The average Bonchev–Trinajstić information content (AvgIpc) is 3.36. The van der Waals surface area contributed by atoms with Crippen molar-refractivity contribution in [3.05, 3.63) is 59.3 Å². The van der Waals surface area contributed by atoms with Gasteiger partial charge in [-0.1, -0.05) is 17.3 Å². The summed E-state index contributed by atoms with van der Waals surface area (Å²) in [5.41, 5.74) is 2.80. The molecule has 8 nitrogen and oxygen atoms in total. The van der Waals surface area contributed by atoms with Gasteiger partial charge in [-0.3, -0.25) is 13.9 Å². The van der Waals surface area contributed by atoms with Gasteiger partial charge in [-0.15, -0.1) is 0 Å². The minimum absolute atomic E-state index is 0.0177. The van der Waals surface area contributed by atoms with Gasteiger partial charge in [0.25, 0.3) is 0 Å². The van der Waals surface area contributed by atoms with E-state index in [-0.39, 0.29) is 18.0 Å². The molecule has 30 heavy (non-hydrogen) atoms. The van der Waals surface area contributed by atoms with Crippen molar-refractivity contribution in [2.24, 2.45) is 0 Å². The Bertz CT molecular complexity index is 1230. The van der Waals surface area contributed by atoms with Crippen LogP contribution in [0.25, 0.3) is 11.0 Å². The molecule has 0 N–H and O–H groups in total. The summed E-state index contributed by atoms with van der Waals surface area (Å²) in [6.07, 6.45) is 0.438. The lowest BCUT2D eigenvalue weighted by Gasteiger charge is -2.18. The first-order chi connectivity index (χ1) is 14.4. The van der Waals surface area contributed by atoms with E-state index in [1.165, 1.54) is 4.31 Å². The zero-order valence-corrected chi connectivity index (χ0v) is 17.1. The molecule has 0 spiro atoms. The fraction of sp³-hybridized carbons (Fsp3) is 0.286. The Hall–Kier alpha value is -3.20. The van der Waals surface area contributed by atoms with Crippen molar-refractivity contribution in [1.29, 1.82) is 0 Å². The fourth-order valence-corrected chi connectivity index (χ4v) is 4.63. The topological polar surface area (TPSA) is 107 Å². The maximum Gasteiger partial charge on any atom is 0.312 e. The minimum atomic E-state index is -3.34. The number of anilines is 1. The summed E-state index contributed by atoms with van der Waals surface area (Å²) in [6.45, 7) is 1.57. The van der Waals surface area contributed by atoms with E-state index in [1.807, 2.05) is 12.1 Å². The molecule has 0 saturated carbocycles. The number of fused-ring (bicyclic) bond motifs is 2. The highest BCUT2D eigenvalue weighted by Crippen LogP contribution is 2.31. The molecule has 0 amide bonds. The van der Waals surface area contributed by atoms with E-state index in [1.54, 1.807) is 37.3 Å². The zero-order valence-electron chi connectivity index (χ0n) is 16.3. The van der Waals surface area contributed by atoms with Crippen LogP contribution >= 0.6 is 0 Å². The third-order valence-corrected chi connectivity index (χ3v) is 6.86. The normalized spacial score (nSPS) is 13.4. The molecule has 0 radical (unpaired) electrons. The van der Waals surface area contributed by atoms with Gasteiger partial charge in [0.15, 0.2) is 18.0 Å². The maximum atomic E-state index is 12.5. The summed E-state index contributed by atoms with van der Waals surface area (Å²) >= 11 is 0. The summed E-state index contributed by atoms with van der Waals surface area (Å²) in [5.74, 6) is -0.916. The number of Topliss-reactive ketones (excluding diaryl/α,β-unsaturated/α-hetero) is 1. The van der Waals surface area contributed by atoms with Crippen molar-refractivity contribution < 1.29 is 27.3 Å². The Kier molecular flexibility index (Phi) is 5.29. The van der Waals surface area contributed by atoms with Crippen LogP contribution < -0.4 is 4.31 Å². The molecule has 3 aromatic rings. The lowest BCUT2D eigenvalue weighted by atomic mass is 10.1. The number of benzene rings is 2. The molecule has 0 atom stereocenters. The van der Waals surface area contributed by atoms with E-state index in [9.17, 15) is 18.0 Å². The summed E-state index contributed by atoms with van der Waals surface area (Å²) in [7, 11) is -3.34. The predicted molar refractivity (Wildman–Crippen MR) is 110 cm³/mol. The second kappa shape index (κ2) is 7.91. The van der Waals surface area contributed by atoms with E-state index in [2.05, 4.69) is 5.16 Å². The monoisotopic (exact) mass is 428 g/mol. The molecule has 0 aliphatic carbocycles. The molecule has 1 aromatic heterocycles. The SMILES string of the molecule is CCS(=O)(=O)N1CCc2cc(C(=O)COC(=O)Cc3noc4ccccc34)ccc21. The molecule has 9 heteroatoms. The van der Waals surface area contributed by atoms with Crippen LogP contribution in [-0.2, 0) is 32.4 Å². The van der Waals surface area contributed by atoms with Crippen molar-refractivity contribution in [2.45, 2.75) is 19.8 Å². The summed E-state index contributed by atoms with van der Waals surface area (Å²) in [6, 6.07) is 12.0. The van der Waals surface area contributed by atoms with Gasteiger partial charge in [0.1, 0.15) is 5.69 Å². The zero-order chi connectivity index (χ0) is 21.3. The van der Waals surface area contributed by atoms with Crippen molar-refractivity contribution in [2.75, 3.05) is 23.2 Å². The highest BCUT2D eigenvalue weighted by Gasteiger charge is 2.28. The van der Waals surface area contributed by atoms with E-state index < -0.39 is 22.6 Å². The number of ketones is 1. The smallest absolute Gasteiger partial charge is 0.312 e. The molecule has 0 saturated heterocycles. The number of hydrogen-bond donors (Lipinski definition) is 0. The number of hydrogen-bond acceptors (Lipinski definition) is 7. The van der Waals surface area contributed by atoms with Crippen molar-refractivity contribution in [1.82, 2.24) is 5.16 Å². The van der Waals surface area contributed by atoms with Crippen LogP contribution in [0.15, 0.2) is 47.0 Å². The van der Waals surface area contributed by atoms with E-state index >= 15 is 0 Å². The number of rotatable bonds is 7. The summed E-state index contributed by atoms with van der Waals surface area (Å²) in [5, 5.41) is 4.61. The van der Waals surface area contributed by atoms with Crippen LogP contribution in [0.2, 0.25) is 0 Å². The van der Waals surface area contributed by atoms with Gasteiger partial charge in [-0.2, -0.15) is 0 Å². The number of esters is 1. The highest BCUT2D eigenvalue weighted by molar-refractivity contribution is 7.92. The summed E-state index contributed by atoms with van der Waals surface area (Å²) in [4.78, 5) is 24.6.